The molecule has 1 atom stereocenters. The lowest BCUT2D eigenvalue weighted by Gasteiger charge is -2.34. The molecule has 8 nitrogen and oxygen atoms in total. The van der Waals surface area contributed by atoms with E-state index in [4.69, 9.17) is 10.1 Å². The summed E-state index contributed by atoms with van der Waals surface area (Å²) in [5, 5.41) is 12.5. The monoisotopic (exact) mass is 455 g/mol. The Balaban J connectivity index is 1.55. The van der Waals surface area contributed by atoms with E-state index < -0.39 is 0 Å². The topological polar surface area (TPSA) is 77.8 Å². The summed E-state index contributed by atoms with van der Waals surface area (Å²) < 4.78 is 1.93. The average Bonchev–Trinajstić information content (AvgIpc) is 3.32. The van der Waals surface area contributed by atoms with E-state index >= 15 is 0 Å². The lowest BCUT2D eigenvalue weighted by atomic mass is 10.1. The fourth-order valence-corrected chi connectivity index (χ4v) is 4.59. The zero-order valence-electron chi connectivity index (χ0n) is 19.6. The van der Waals surface area contributed by atoms with E-state index in [9.17, 15) is 4.79 Å². The molecule has 32 heavy (non-hydrogen) atoms. The molecule has 1 unspecified atom stereocenters. The lowest BCUT2D eigenvalue weighted by Crippen LogP contribution is -2.53. The molecule has 1 aromatic carbocycles. The number of amides is 2. The van der Waals surface area contributed by atoms with Gasteiger partial charge in [-0.05, 0) is 34.1 Å². The Kier molecular flexibility index (Phi) is 6.28. The first kappa shape index (κ1) is 22.4. The number of nitrogens with zero attached hydrogens (tertiary/aromatic N) is 5. The molecule has 2 aromatic heterocycles. The van der Waals surface area contributed by atoms with Crippen LogP contribution in [0.4, 0.5) is 15.7 Å². The highest BCUT2D eigenvalue weighted by Gasteiger charge is 2.26. The Morgan fingerprint density at radius 3 is 2.47 bits per heavy atom. The van der Waals surface area contributed by atoms with Crippen molar-refractivity contribution in [1.82, 2.24) is 24.8 Å². The van der Waals surface area contributed by atoms with Gasteiger partial charge in [0.05, 0.1) is 0 Å². The summed E-state index contributed by atoms with van der Waals surface area (Å²) in [5.74, 6) is 0.910. The number of piperazine rings is 1. The zero-order valence-corrected chi connectivity index (χ0v) is 20.4. The van der Waals surface area contributed by atoms with E-state index in [1.54, 1.807) is 11.3 Å². The number of hydrogen-bond acceptors (Lipinski definition) is 6. The standard InChI is InChI=1S/C23H33N7OS/c1-6-16(2)24-20(31)28-12-14-29(15-13-28)22-27-30-19(26-23(3,4)5)18(25-21(30)32-22)17-10-8-7-9-11-17/h7-11,16,26H,6,12-15H2,1-5H3,(H,24,31). The van der Waals surface area contributed by atoms with Crippen molar-refractivity contribution in [2.45, 2.75) is 52.6 Å². The van der Waals surface area contributed by atoms with Gasteiger partial charge in [0.15, 0.2) is 5.82 Å². The first-order valence-electron chi connectivity index (χ1n) is 11.3. The van der Waals surface area contributed by atoms with Gasteiger partial charge in [-0.1, -0.05) is 48.6 Å². The molecular formula is C23H33N7OS. The summed E-state index contributed by atoms with van der Waals surface area (Å²) in [7, 11) is 0. The molecule has 3 heterocycles. The van der Waals surface area contributed by atoms with E-state index in [1.807, 2.05) is 34.5 Å². The summed E-state index contributed by atoms with van der Waals surface area (Å²) in [6, 6.07) is 10.4. The Morgan fingerprint density at radius 1 is 1.16 bits per heavy atom. The van der Waals surface area contributed by atoms with Gasteiger partial charge in [0.25, 0.3) is 0 Å². The van der Waals surface area contributed by atoms with Crippen LogP contribution in [-0.2, 0) is 0 Å². The number of fused-ring (bicyclic) bond motifs is 1. The van der Waals surface area contributed by atoms with Crippen molar-refractivity contribution in [3.63, 3.8) is 0 Å². The molecule has 1 saturated heterocycles. The third kappa shape index (κ3) is 4.82. The molecule has 1 fully saturated rings. The number of carbonyl (C=O) groups is 1. The van der Waals surface area contributed by atoms with E-state index in [-0.39, 0.29) is 17.6 Å². The number of nitrogens with one attached hydrogen (secondary N) is 2. The summed E-state index contributed by atoms with van der Waals surface area (Å²) in [4.78, 5) is 22.3. The van der Waals surface area contributed by atoms with Crippen molar-refractivity contribution in [3.05, 3.63) is 30.3 Å². The minimum absolute atomic E-state index is 0.0251. The van der Waals surface area contributed by atoms with E-state index in [1.165, 1.54) is 0 Å². The van der Waals surface area contributed by atoms with Gasteiger partial charge in [0, 0.05) is 43.3 Å². The molecule has 2 amide bonds. The number of anilines is 2. The highest BCUT2D eigenvalue weighted by Crippen LogP contribution is 2.34. The Hall–Kier alpha value is -2.81. The van der Waals surface area contributed by atoms with Crippen LogP contribution in [0.5, 0.6) is 0 Å². The number of rotatable bonds is 5. The fourth-order valence-electron chi connectivity index (χ4n) is 3.64. The smallest absolute Gasteiger partial charge is 0.317 e. The fraction of sp³-hybridized carbons (Fsp3) is 0.522. The summed E-state index contributed by atoms with van der Waals surface area (Å²) in [6.45, 7) is 13.4. The lowest BCUT2D eigenvalue weighted by molar-refractivity contribution is 0.190. The maximum atomic E-state index is 12.4. The molecule has 4 rings (SSSR count). The number of imidazole rings is 1. The van der Waals surface area contributed by atoms with Crippen molar-refractivity contribution < 1.29 is 4.79 Å². The average molecular weight is 456 g/mol. The summed E-state index contributed by atoms with van der Waals surface area (Å²) in [6.07, 6.45) is 0.931. The Bertz CT molecular complexity index is 1060. The van der Waals surface area contributed by atoms with Gasteiger partial charge in [-0.25, -0.2) is 9.78 Å². The normalized spacial score (nSPS) is 15.8. The second-order valence-electron chi connectivity index (χ2n) is 9.36. The van der Waals surface area contributed by atoms with Gasteiger partial charge in [0.2, 0.25) is 10.1 Å². The van der Waals surface area contributed by atoms with Crippen LogP contribution in [0, 0.1) is 0 Å². The SMILES string of the molecule is CCC(C)NC(=O)N1CCN(c2nn3c(NC(C)(C)C)c(-c4ccccc4)nc3s2)CC1. The van der Waals surface area contributed by atoms with Gasteiger partial charge in [-0.15, -0.1) is 5.10 Å². The van der Waals surface area contributed by atoms with Crippen molar-refractivity contribution in [2.24, 2.45) is 0 Å². The number of carbonyl (C=O) groups excluding carboxylic acids is 1. The highest BCUT2D eigenvalue weighted by molar-refractivity contribution is 7.20. The van der Waals surface area contributed by atoms with Gasteiger partial charge in [-0.3, -0.25) is 0 Å². The molecule has 0 bridgehead atoms. The second kappa shape index (κ2) is 8.97. The highest BCUT2D eigenvalue weighted by atomic mass is 32.1. The number of aromatic nitrogens is 3. The molecule has 1 aliphatic rings. The van der Waals surface area contributed by atoms with Crippen LogP contribution < -0.4 is 15.5 Å². The molecule has 0 radical (unpaired) electrons. The van der Waals surface area contributed by atoms with Crippen LogP contribution in [0.25, 0.3) is 16.2 Å². The van der Waals surface area contributed by atoms with Crippen molar-refractivity contribution in [2.75, 3.05) is 36.4 Å². The maximum absolute atomic E-state index is 12.4. The molecule has 0 spiro atoms. The van der Waals surface area contributed by atoms with Gasteiger partial charge < -0.3 is 20.4 Å². The second-order valence-corrected chi connectivity index (χ2v) is 10.3. The van der Waals surface area contributed by atoms with Crippen LogP contribution in [0.1, 0.15) is 41.0 Å². The van der Waals surface area contributed by atoms with Crippen LogP contribution >= 0.6 is 11.3 Å². The molecule has 172 valence electrons. The van der Waals surface area contributed by atoms with E-state index in [0.29, 0.717) is 13.1 Å². The van der Waals surface area contributed by atoms with Crippen molar-refractivity contribution >= 4 is 33.3 Å². The van der Waals surface area contributed by atoms with Gasteiger partial charge in [0.1, 0.15) is 5.69 Å². The molecule has 0 saturated carbocycles. The van der Waals surface area contributed by atoms with Crippen molar-refractivity contribution in [1.29, 1.82) is 0 Å². The molecular weight excluding hydrogens is 422 g/mol. The van der Waals surface area contributed by atoms with Crippen LogP contribution in [0.2, 0.25) is 0 Å². The number of hydrogen-bond donors (Lipinski definition) is 2. The quantitative estimate of drug-likeness (QED) is 0.600. The molecule has 1 aliphatic heterocycles. The van der Waals surface area contributed by atoms with Crippen LogP contribution in [0.3, 0.4) is 0 Å². The maximum Gasteiger partial charge on any atom is 0.317 e. The first-order chi connectivity index (χ1) is 15.2. The number of benzene rings is 1. The van der Waals surface area contributed by atoms with Gasteiger partial charge in [-0.2, -0.15) is 4.52 Å². The van der Waals surface area contributed by atoms with Gasteiger partial charge >= 0.3 is 6.03 Å². The zero-order chi connectivity index (χ0) is 22.9. The van der Waals surface area contributed by atoms with E-state index in [2.05, 4.69) is 55.4 Å². The van der Waals surface area contributed by atoms with Crippen LogP contribution in [0.15, 0.2) is 30.3 Å². The minimum Gasteiger partial charge on any atom is -0.364 e. The predicted octanol–water partition coefficient (Wildman–Crippen LogP) is 4.30. The Morgan fingerprint density at radius 2 is 1.84 bits per heavy atom. The summed E-state index contributed by atoms with van der Waals surface area (Å²) in [5.41, 5.74) is 1.86. The molecule has 0 aliphatic carbocycles. The molecule has 9 heteroatoms. The number of urea groups is 1. The minimum atomic E-state index is -0.127. The largest absolute Gasteiger partial charge is 0.364 e. The third-order valence-electron chi connectivity index (χ3n) is 5.55. The van der Waals surface area contributed by atoms with Crippen LogP contribution in [-0.4, -0.2) is 63.3 Å². The van der Waals surface area contributed by atoms with E-state index in [0.717, 1.165) is 46.7 Å². The van der Waals surface area contributed by atoms with Crippen molar-refractivity contribution in [3.8, 4) is 11.3 Å². The first-order valence-corrected chi connectivity index (χ1v) is 12.1. The molecule has 3 aromatic rings. The summed E-state index contributed by atoms with van der Waals surface area (Å²) >= 11 is 1.59. The Labute approximate surface area is 193 Å². The molecule has 2 N–H and O–H groups in total. The predicted molar refractivity (Wildman–Crippen MR) is 132 cm³/mol. The third-order valence-corrected chi connectivity index (χ3v) is 6.52.